The molecule has 0 unspecified atom stereocenters. The van der Waals surface area contributed by atoms with Crippen molar-refractivity contribution in [3.8, 4) is 5.75 Å². The lowest BCUT2D eigenvalue weighted by Gasteiger charge is -2.11. The first-order valence-corrected chi connectivity index (χ1v) is 8.12. The monoisotopic (exact) mass is 405 g/mol. The summed E-state index contributed by atoms with van der Waals surface area (Å²) in [6, 6.07) is 9.63. The van der Waals surface area contributed by atoms with Crippen LogP contribution in [-0.2, 0) is 4.79 Å². The predicted molar refractivity (Wildman–Crippen MR) is 97.9 cm³/mol. The van der Waals surface area contributed by atoms with Crippen LogP contribution in [0.1, 0.15) is 16.7 Å². The summed E-state index contributed by atoms with van der Waals surface area (Å²) >= 11 is 3.40. The van der Waals surface area contributed by atoms with Crippen molar-refractivity contribution in [2.45, 2.75) is 13.8 Å². The molecule has 1 amide bonds. The number of nitrogens with zero attached hydrogens (tertiary/aromatic N) is 2. The van der Waals surface area contributed by atoms with Crippen molar-refractivity contribution in [2.75, 3.05) is 6.61 Å². The Kier molecular flexibility index (Phi) is 6.24. The first-order valence-electron chi connectivity index (χ1n) is 7.32. The lowest BCUT2D eigenvalue weighted by atomic mass is 10.1. The molecule has 0 aliphatic rings. The van der Waals surface area contributed by atoms with Gasteiger partial charge in [0.15, 0.2) is 6.61 Å². The number of non-ortho nitro benzene ring substituents is 1. The van der Waals surface area contributed by atoms with Crippen molar-refractivity contribution in [1.82, 2.24) is 5.43 Å². The highest BCUT2D eigenvalue weighted by molar-refractivity contribution is 9.10. The van der Waals surface area contributed by atoms with Crippen LogP contribution in [0.5, 0.6) is 5.75 Å². The van der Waals surface area contributed by atoms with Crippen molar-refractivity contribution in [2.24, 2.45) is 5.10 Å². The fraction of sp³-hybridized carbons (Fsp3) is 0.176. The van der Waals surface area contributed by atoms with Gasteiger partial charge in [0, 0.05) is 16.6 Å². The minimum atomic E-state index is -0.480. The van der Waals surface area contributed by atoms with E-state index >= 15 is 0 Å². The van der Waals surface area contributed by atoms with Crippen LogP contribution >= 0.6 is 15.9 Å². The highest BCUT2D eigenvalue weighted by atomic mass is 79.9. The summed E-state index contributed by atoms with van der Waals surface area (Å²) in [5.41, 5.74) is 4.83. The molecular weight excluding hydrogens is 390 g/mol. The first kappa shape index (κ1) is 18.6. The minimum absolute atomic E-state index is 0.00479. The molecule has 2 rings (SSSR count). The fourth-order valence-corrected chi connectivity index (χ4v) is 2.84. The Bertz CT molecular complexity index is 796. The van der Waals surface area contributed by atoms with E-state index in [2.05, 4.69) is 26.5 Å². The number of nitro groups is 1. The molecule has 0 fully saturated rings. The smallest absolute Gasteiger partial charge is 0.277 e. The Balaban J connectivity index is 1.87. The number of nitrogens with one attached hydrogen (secondary N) is 1. The van der Waals surface area contributed by atoms with Gasteiger partial charge in [0.2, 0.25) is 0 Å². The van der Waals surface area contributed by atoms with E-state index in [4.69, 9.17) is 4.74 Å². The molecular formula is C17H16BrN3O4. The molecule has 130 valence electrons. The molecule has 25 heavy (non-hydrogen) atoms. The molecule has 1 N–H and O–H groups in total. The summed E-state index contributed by atoms with van der Waals surface area (Å²) in [7, 11) is 0. The van der Waals surface area contributed by atoms with Crippen molar-refractivity contribution in [3.63, 3.8) is 0 Å². The van der Waals surface area contributed by atoms with E-state index in [1.165, 1.54) is 18.3 Å². The average molecular weight is 406 g/mol. The minimum Gasteiger partial charge on any atom is -0.483 e. The molecule has 0 radical (unpaired) electrons. The number of ether oxygens (including phenoxy) is 1. The molecule has 0 saturated heterocycles. The SMILES string of the molecule is Cc1cc(Br)cc(C)c1OCC(=O)N/N=C\c1ccc([N+](=O)[O-])cc1. The van der Waals surface area contributed by atoms with Gasteiger partial charge in [0.05, 0.1) is 11.1 Å². The molecule has 0 spiro atoms. The Hall–Kier alpha value is -2.74. The fourth-order valence-electron chi connectivity index (χ4n) is 2.16. The van der Waals surface area contributed by atoms with Gasteiger partial charge < -0.3 is 4.74 Å². The van der Waals surface area contributed by atoms with E-state index in [0.717, 1.165) is 15.6 Å². The van der Waals surface area contributed by atoms with Gasteiger partial charge in [-0.15, -0.1) is 0 Å². The third kappa shape index (κ3) is 5.39. The lowest BCUT2D eigenvalue weighted by Crippen LogP contribution is -2.25. The van der Waals surface area contributed by atoms with E-state index in [1.54, 1.807) is 12.1 Å². The van der Waals surface area contributed by atoms with Gasteiger partial charge in [0.1, 0.15) is 5.75 Å². The molecule has 2 aromatic carbocycles. The van der Waals surface area contributed by atoms with Gasteiger partial charge in [0.25, 0.3) is 11.6 Å². The molecule has 0 aromatic heterocycles. The molecule has 0 heterocycles. The molecule has 0 aliphatic heterocycles. The van der Waals surface area contributed by atoms with E-state index in [1.807, 2.05) is 26.0 Å². The number of hydrazone groups is 1. The molecule has 0 aliphatic carbocycles. The molecule has 0 saturated carbocycles. The van der Waals surface area contributed by atoms with Gasteiger partial charge in [-0.1, -0.05) is 15.9 Å². The lowest BCUT2D eigenvalue weighted by molar-refractivity contribution is -0.384. The molecule has 0 bridgehead atoms. The number of carbonyl (C=O) groups excluding carboxylic acids is 1. The standard InChI is InChI=1S/C17H16BrN3O4/c1-11-7-14(18)8-12(2)17(11)25-10-16(22)20-19-9-13-3-5-15(6-4-13)21(23)24/h3-9H,10H2,1-2H3,(H,20,22)/b19-9-. The normalized spacial score (nSPS) is 10.7. The van der Waals surface area contributed by atoms with Gasteiger partial charge in [-0.25, -0.2) is 5.43 Å². The van der Waals surface area contributed by atoms with Crippen molar-refractivity contribution in [3.05, 3.63) is 67.7 Å². The van der Waals surface area contributed by atoms with Crippen LogP contribution in [-0.4, -0.2) is 23.7 Å². The maximum absolute atomic E-state index is 11.8. The zero-order valence-electron chi connectivity index (χ0n) is 13.7. The Morgan fingerprint density at radius 1 is 1.28 bits per heavy atom. The highest BCUT2D eigenvalue weighted by Crippen LogP contribution is 2.27. The highest BCUT2D eigenvalue weighted by Gasteiger charge is 2.08. The van der Waals surface area contributed by atoms with Crippen LogP contribution in [0.4, 0.5) is 5.69 Å². The zero-order valence-corrected chi connectivity index (χ0v) is 15.2. The second-order valence-corrected chi connectivity index (χ2v) is 6.21. The van der Waals surface area contributed by atoms with Crippen molar-refractivity contribution >= 4 is 33.7 Å². The maximum atomic E-state index is 11.8. The van der Waals surface area contributed by atoms with Crippen LogP contribution in [0.25, 0.3) is 0 Å². The Morgan fingerprint density at radius 2 is 1.88 bits per heavy atom. The topological polar surface area (TPSA) is 93.8 Å². The van der Waals surface area contributed by atoms with Crippen LogP contribution in [0, 0.1) is 24.0 Å². The van der Waals surface area contributed by atoms with E-state index in [0.29, 0.717) is 11.3 Å². The van der Waals surface area contributed by atoms with Crippen LogP contribution in [0.3, 0.4) is 0 Å². The summed E-state index contributed by atoms with van der Waals surface area (Å²) < 4.78 is 6.50. The molecule has 2 aromatic rings. The van der Waals surface area contributed by atoms with Crippen molar-refractivity contribution in [1.29, 1.82) is 0 Å². The van der Waals surface area contributed by atoms with Crippen LogP contribution in [0.15, 0.2) is 46.0 Å². The summed E-state index contributed by atoms with van der Waals surface area (Å²) in [6.45, 7) is 3.64. The molecule has 7 nitrogen and oxygen atoms in total. The van der Waals surface area contributed by atoms with Crippen LogP contribution in [0.2, 0.25) is 0 Å². The summed E-state index contributed by atoms with van der Waals surface area (Å²) in [5.74, 6) is 0.262. The zero-order chi connectivity index (χ0) is 18.4. The number of rotatable bonds is 6. The van der Waals surface area contributed by atoms with Gasteiger partial charge >= 0.3 is 0 Å². The number of nitro benzene ring substituents is 1. The van der Waals surface area contributed by atoms with Crippen LogP contribution < -0.4 is 10.2 Å². The molecule has 0 atom stereocenters. The summed E-state index contributed by atoms with van der Waals surface area (Å²) in [5, 5.41) is 14.4. The predicted octanol–water partition coefficient (Wildman–Crippen LogP) is 3.50. The van der Waals surface area contributed by atoms with Gasteiger partial charge in [-0.05, 0) is 54.8 Å². The number of benzene rings is 2. The third-order valence-corrected chi connectivity index (χ3v) is 3.74. The number of aryl methyl sites for hydroxylation is 2. The summed E-state index contributed by atoms with van der Waals surface area (Å²) in [4.78, 5) is 21.9. The number of hydrogen-bond donors (Lipinski definition) is 1. The van der Waals surface area contributed by atoms with E-state index in [9.17, 15) is 14.9 Å². The van der Waals surface area contributed by atoms with Crippen molar-refractivity contribution < 1.29 is 14.5 Å². The maximum Gasteiger partial charge on any atom is 0.277 e. The number of carbonyl (C=O) groups is 1. The average Bonchev–Trinajstić information content (AvgIpc) is 2.54. The number of amides is 1. The van der Waals surface area contributed by atoms with E-state index < -0.39 is 10.8 Å². The third-order valence-electron chi connectivity index (χ3n) is 3.28. The number of hydrogen-bond acceptors (Lipinski definition) is 5. The molecule has 8 heteroatoms. The number of halogens is 1. The van der Waals surface area contributed by atoms with Gasteiger partial charge in [-0.2, -0.15) is 5.10 Å². The Morgan fingerprint density at radius 3 is 2.44 bits per heavy atom. The summed E-state index contributed by atoms with van der Waals surface area (Å²) in [6.07, 6.45) is 1.40. The quantitative estimate of drug-likeness (QED) is 0.451. The second kappa shape index (κ2) is 8.39. The first-order chi connectivity index (χ1) is 11.9. The van der Waals surface area contributed by atoms with Gasteiger partial charge in [-0.3, -0.25) is 14.9 Å². The second-order valence-electron chi connectivity index (χ2n) is 5.30. The Labute approximate surface area is 153 Å². The van der Waals surface area contributed by atoms with E-state index in [-0.39, 0.29) is 12.3 Å². The largest absolute Gasteiger partial charge is 0.483 e.